The summed E-state index contributed by atoms with van der Waals surface area (Å²) < 4.78 is 0. The van der Waals surface area contributed by atoms with E-state index in [0.717, 1.165) is 13.0 Å². The van der Waals surface area contributed by atoms with Crippen molar-refractivity contribution < 1.29 is 4.79 Å². The van der Waals surface area contributed by atoms with E-state index in [1.165, 1.54) is 5.56 Å². The summed E-state index contributed by atoms with van der Waals surface area (Å²) in [5.74, 6) is 0.197. The Morgan fingerprint density at radius 2 is 1.94 bits per heavy atom. The Morgan fingerprint density at radius 1 is 1.29 bits per heavy atom. The minimum absolute atomic E-state index is 0.0953. The molecule has 0 aliphatic rings. The second kappa shape index (κ2) is 7.07. The number of carbonyl (C=O) groups excluding carboxylic acids is 1. The average Bonchev–Trinajstić information content (AvgIpc) is 2.35. The third-order valence-electron chi connectivity index (χ3n) is 3.06. The lowest BCUT2D eigenvalue weighted by molar-refractivity contribution is -0.121. The molecule has 2 atom stereocenters. The molecule has 17 heavy (non-hydrogen) atoms. The fraction of sp³-hybridized carbons (Fsp3) is 0.500. The highest BCUT2D eigenvalue weighted by Gasteiger charge is 2.08. The molecule has 0 heterocycles. The summed E-state index contributed by atoms with van der Waals surface area (Å²) in [6, 6.07) is 10.5. The van der Waals surface area contributed by atoms with Crippen LogP contribution in [0, 0.1) is 5.92 Å². The number of benzene rings is 1. The summed E-state index contributed by atoms with van der Waals surface area (Å²) in [4.78, 5) is 10.8. The smallest absolute Gasteiger partial charge is 0.221 e. The van der Waals surface area contributed by atoms with Crippen LogP contribution in [0.5, 0.6) is 0 Å². The third kappa shape index (κ3) is 5.00. The molecular formula is C14H22N2O. The zero-order valence-electron chi connectivity index (χ0n) is 10.6. The largest absolute Gasteiger partial charge is 0.369 e. The van der Waals surface area contributed by atoms with Gasteiger partial charge in [-0.3, -0.25) is 4.79 Å². The Bertz CT molecular complexity index is 337. The van der Waals surface area contributed by atoms with Crippen LogP contribution in [0.1, 0.15) is 31.7 Å². The molecule has 0 spiro atoms. The molecule has 0 fully saturated rings. The molecule has 1 aromatic carbocycles. The maximum Gasteiger partial charge on any atom is 0.221 e. The van der Waals surface area contributed by atoms with Crippen LogP contribution in [-0.2, 0) is 4.79 Å². The SMILES string of the molecule is CC(CNCCC(C)c1ccccc1)C(N)=O. The van der Waals surface area contributed by atoms with Gasteiger partial charge in [-0.25, -0.2) is 0 Å². The summed E-state index contributed by atoms with van der Waals surface area (Å²) in [7, 11) is 0. The second-order valence-electron chi connectivity index (χ2n) is 4.61. The van der Waals surface area contributed by atoms with Gasteiger partial charge in [-0.1, -0.05) is 44.2 Å². The predicted molar refractivity (Wildman–Crippen MR) is 70.7 cm³/mol. The van der Waals surface area contributed by atoms with E-state index in [4.69, 9.17) is 5.73 Å². The summed E-state index contributed by atoms with van der Waals surface area (Å²) >= 11 is 0. The van der Waals surface area contributed by atoms with Crippen LogP contribution in [0.15, 0.2) is 30.3 Å². The number of hydrogen-bond acceptors (Lipinski definition) is 2. The molecule has 1 amide bonds. The number of amides is 1. The van der Waals surface area contributed by atoms with Gasteiger partial charge in [-0.15, -0.1) is 0 Å². The van der Waals surface area contributed by atoms with Gasteiger partial charge < -0.3 is 11.1 Å². The molecule has 1 rings (SSSR count). The molecule has 0 aromatic heterocycles. The van der Waals surface area contributed by atoms with Crippen LogP contribution in [0.25, 0.3) is 0 Å². The van der Waals surface area contributed by atoms with Gasteiger partial charge >= 0.3 is 0 Å². The van der Waals surface area contributed by atoms with Crippen molar-refractivity contribution in [3.63, 3.8) is 0 Å². The van der Waals surface area contributed by atoms with Crippen molar-refractivity contribution in [1.29, 1.82) is 0 Å². The minimum atomic E-state index is -0.242. The number of nitrogens with one attached hydrogen (secondary N) is 1. The number of rotatable bonds is 7. The first-order chi connectivity index (χ1) is 8.11. The normalized spacial score (nSPS) is 14.2. The molecule has 2 unspecified atom stereocenters. The topological polar surface area (TPSA) is 55.1 Å². The number of carbonyl (C=O) groups is 1. The highest BCUT2D eigenvalue weighted by Crippen LogP contribution is 2.17. The Balaban J connectivity index is 2.21. The zero-order valence-corrected chi connectivity index (χ0v) is 10.6. The van der Waals surface area contributed by atoms with Gasteiger partial charge in [0.25, 0.3) is 0 Å². The molecule has 0 aliphatic heterocycles. The van der Waals surface area contributed by atoms with Crippen molar-refractivity contribution in [3.05, 3.63) is 35.9 Å². The molecule has 94 valence electrons. The third-order valence-corrected chi connectivity index (χ3v) is 3.06. The summed E-state index contributed by atoms with van der Waals surface area (Å²) in [5.41, 5.74) is 6.55. The molecule has 0 bridgehead atoms. The first-order valence-electron chi connectivity index (χ1n) is 6.16. The van der Waals surface area contributed by atoms with E-state index in [1.54, 1.807) is 0 Å². The van der Waals surface area contributed by atoms with Crippen molar-refractivity contribution in [2.75, 3.05) is 13.1 Å². The van der Waals surface area contributed by atoms with Crippen LogP contribution in [-0.4, -0.2) is 19.0 Å². The number of nitrogens with two attached hydrogens (primary N) is 1. The maximum atomic E-state index is 10.8. The quantitative estimate of drug-likeness (QED) is 0.708. The number of primary amides is 1. The van der Waals surface area contributed by atoms with E-state index in [2.05, 4.69) is 36.5 Å². The van der Waals surface area contributed by atoms with Gasteiger partial charge in [0.1, 0.15) is 0 Å². The molecule has 1 aromatic rings. The second-order valence-corrected chi connectivity index (χ2v) is 4.61. The fourth-order valence-corrected chi connectivity index (χ4v) is 1.69. The monoisotopic (exact) mass is 234 g/mol. The first-order valence-corrected chi connectivity index (χ1v) is 6.16. The maximum absolute atomic E-state index is 10.8. The molecule has 0 saturated carbocycles. The van der Waals surface area contributed by atoms with Crippen LogP contribution < -0.4 is 11.1 Å². The van der Waals surface area contributed by atoms with Crippen molar-refractivity contribution in [3.8, 4) is 0 Å². The van der Waals surface area contributed by atoms with Crippen LogP contribution in [0.4, 0.5) is 0 Å². The van der Waals surface area contributed by atoms with Crippen molar-refractivity contribution in [1.82, 2.24) is 5.32 Å². The van der Waals surface area contributed by atoms with Gasteiger partial charge in [0.2, 0.25) is 5.91 Å². The van der Waals surface area contributed by atoms with Gasteiger partial charge in [-0.2, -0.15) is 0 Å². The Morgan fingerprint density at radius 3 is 2.53 bits per heavy atom. The van der Waals surface area contributed by atoms with Gasteiger partial charge in [-0.05, 0) is 24.4 Å². The van der Waals surface area contributed by atoms with Gasteiger partial charge in [0, 0.05) is 12.5 Å². The highest BCUT2D eigenvalue weighted by atomic mass is 16.1. The molecule has 3 nitrogen and oxygen atoms in total. The lowest BCUT2D eigenvalue weighted by atomic mass is 9.98. The molecule has 0 aliphatic carbocycles. The van der Waals surface area contributed by atoms with E-state index in [1.807, 2.05) is 13.0 Å². The number of hydrogen-bond donors (Lipinski definition) is 2. The molecule has 3 N–H and O–H groups in total. The van der Waals surface area contributed by atoms with E-state index in [-0.39, 0.29) is 11.8 Å². The lowest BCUT2D eigenvalue weighted by Gasteiger charge is -2.13. The molecule has 3 heteroatoms. The molecule has 0 radical (unpaired) electrons. The first kappa shape index (κ1) is 13.7. The van der Waals surface area contributed by atoms with E-state index < -0.39 is 0 Å². The standard InChI is InChI=1S/C14H22N2O/c1-11(13-6-4-3-5-7-13)8-9-16-10-12(2)14(15)17/h3-7,11-12,16H,8-10H2,1-2H3,(H2,15,17). The van der Waals surface area contributed by atoms with Crippen LogP contribution in [0.3, 0.4) is 0 Å². The Kier molecular flexibility index (Phi) is 5.70. The van der Waals surface area contributed by atoms with Crippen LogP contribution in [0.2, 0.25) is 0 Å². The van der Waals surface area contributed by atoms with E-state index >= 15 is 0 Å². The minimum Gasteiger partial charge on any atom is -0.369 e. The summed E-state index contributed by atoms with van der Waals surface area (Å²) in [5, 5.41) is 3.27. The average molecular weight is 234 g/mol. The lowest BCUT2D eigenvalue weighted by Crippen LogP contribution is -2.31. The Labute approximate surface area is 103 Å². The Hall–Kier alpha value is -1.35. The zero-order chi connectivity index (χ0) is 12.7. The van der Waals surface area contributed by atoms with Crippen molar-refractivity contribution in [2.24, 2.45) is 11.7 Å². The van der Waals surface area contributed by atoms with Gasteiger partial charge in [0.15, 0.2) is 0 Å². The summed E-state index contributed by atoms with van der Waals surface area (Å²) in [6.07, 6.45) is 1.06. The molecule has 0 saturated heterocycles. The van der Waals surface area contributed by atoms with E-state index in [0.29, 0.717) is 12.5 Å². The molecular weight excluding hydrogens is 212 g/mol. The van der Waals surface area contributed by atoms with Gasteiger partial charge in [0.05, 0.1) is 0 Å². The van der Waals surface area contributed by atoms with E-state index in [9.17, 15) is 4.79 Å². The van der Waals surface area contributed by atoms with Crippen molar-refractivity contribution >= 4 is 5.91 Å². The summed E-state index contributed by atoms with van der Waals surface area (Å²) in [6.45, 7) is 5.63. The predicted octanol–water partition coefficient (Wildman–Crippen LogP) is 1.89. The van der Waals surface area contributed by atoms with Crippen molar-refractivity contribution in [2.45, 2.75) is 26.2 Å². The van der Waals surface area contributed by atoms with Crippen LogP contribution >= 0.6 is 0 Å². The highest BCUT2D eigenvalue weighted by molar-refractivity contribution is 5.76. The fourth-order valence-electron chi connectivity index (χ4n) is 1.69.